The number of nitrogens with one attached hydrogen (secondary N) is 2. The van der Waals surface area contributed by atoms with Crippen molar-refractivity contribution >= 4 is 22.7 Å². The molecule has 1 aromatic heterocycles. The molecule has 0 fully saturated rings. The van der Waals surface area contributed by atoms with Crippen LogP contribution in [0.5, 0.6) is 0 Å². The van der Waals surface area contributed by atoms with E-state index in [1.807, 2.05) is 48.2 Å². The van der Waals surface area contributed by atoms with Crippen LogP contribution in [0.3, 0.4) is 0 Å². The van der Waals surface area contributed by atoms with Gasteiger partial charge >= 0.3 is 0 Å². The van der Waals surface area contributed by atoms with Crippen LogP contribution in [0.1, 0.15) is 41.8 Å². The smallest absolute Gasteiger partial charge is 0.225 e. The lowest BCUT2D eigenvalue weighted by molar-refractivity contribution is -0.133. The Kier molecular flexibility index (Phi) is 4.90. The number of H-pyrrole nitrogens is 1. The zero-order chi connectivity index (χ0) is 19.7. The van der Waals surface area contributed by atoms with Gasteiger partial charge in [-0.3, -0.25) is 9.59 Å². The molecule has 5 heteroatoms. The van der Waals surface area contributed by atoms with Crippen LogP contribution < -0.4 is 5.32 Å². The minimum Gasteiger partial charge on any atom is -0.358 e. The summed E-state index contributed by atoms with van der Waals surface area (Å²) >= 11 is 0. The maximum Gasteiger partial charge on any atom is 0.225 e. The van der Waals surface area contributed by atoms with Crippen LogP contribution in [0, 0.1) is 6.92 Å². The third-order valence-electron chi connectivity index (χ3n) is 5.47. The molecule has 3 aromatic rings. The Morgan fingerprint density at radius 1 is 1.14 bits per heavy atom. The van der Waals surface area contributed by atoms with Gasteiger partial charge in [-0.2, -0.15) is 0 Å². The molecule has 1 aliphatic rings. The summed E-state index contributed by atoms with van der Waals surface area (Å²) in [5.74, 6) is -0.0637. The van der Waals surface area contributed by atoms with E-state index in [1.54, 1.807) is 0 Å². The van der Waals surface area contributed by atoms with Gasteiger partial charge in [0.15, 0.2) is 0 Å². The van der Waals surface area contributed by atoms with Crippen LogP contribution in [0.25, 0.3) is 10.9 Å². The molecule has 1 atom stereocenters. The van der Waals surface area contributed by atoms with E-state index in [9.17, 15) is 9.59 Å². The third kappa shape index (κ3) is 3.65. The largest absolute Gasteiger partial charge is 0.358 e. The van der Waals surface area contributed by atoms with Gasteiger partial charge in [0.05, 0.1) is 12.5 Å². The minimum absolute atomic E-state index is 0.0651. The van der Waals surface area contributed by atoms with Gasteiger partial charge in [0.25, 0.3) is 0 Å². The number of aromatic nitrogens is 1. The van der Waals surface area contributed by atoms with Gasteiger partial charge in [0.1, 0.15) is 0 Å². The predicted octanol–water partition coefficient (Wildman–Crippen LogP) is 3.63. The highest BCUT2D eigenvalue weighted by molar-refractivity contribution is 5.86. The normalized spacial score (nSPS) is 14.6. The molecule has 2 heterocycles. The van der Waals surface area contributed by atoms with Gasteiger partial charge in [-0.05, 0) is 18.6 Å². The van der Waals surface area contributed by atoms with E-state index in [-0.39, 0.29) is 24.3 Å². The number of hydrogen-bond donors (Lipinski definition) is 2. The van der Waals surface area contributed by atoms with E-state index >= 15 is 0 Å². The topological polar surface area (TPSA) is 65.2 Å². The number of para-hydroxylation sites is 1. The second-order valence-corrected chi connectivity index (χ2v) is 7.56. The van der Waals surface area contributed by atoms with E-state index in [1.165, 1.54) is 23.6 Å². The first-order valence-corrected chi connectivity index (χ1v) is 9.71. The number of aryl methyl sites for hydroxylation is 1. The Morgan fingerprint density at radius 3 is 2.64 bits per heavy atom. The lowest BCUT2D eigenvalue weighted by Gasteiger charge is -2.29. The van der Waals surface area contributed by atoms with Gasteiger partial charge in [-0.25, -0.2) is 0 Å². The molecule has 0 aliphatic carbocycles. The Morgan fingerprint density at radius 2 is 1.89 bits per heavy atom. The van der Waals surface area contributed by atoms with Crippen LogP contribution in [-0.4, -0.2) is 28.2 Å². The number of carbonyl (C=O) groups excluding carboxylic acids is 2. The lowest BCUT2D eigenvalue weighted by Crippen LogP contribution is -2.38. The van der Waals surface area contributed by atoms with Crippen molar-refractivity contribution in [2.45, 2.75) is 39.3 Å². The van der Waals surface area contributed by atoms with Crippen molar-refractivity contribution in [3.63, 3.8) is 0 Å². The van der Waals surface area contributed by atoms with Crippen LogP contribution in [0.2, 0.25) is 0 Å². The molecule has 0 saturated carbocycles. The fourth-order valence-corrected chi connectivity index (χ4v) is 3.98. The van der Waals surface area contributed by atoms with Crippen LogP contribution in [-0.2, 0) is 22.6 Å². The van der Waals surface area contributed by atoms with Crippen molar-refractivity contribution in [1.82, 2.24) is 15.2 Å². The molecule has 0 bridgehead atoms. The van der Waals surface area contributed by atoms with Gasteiger partial charge in [-0.1, -0.05) is 48.0 Å². The van der Waals surface area contributed by atoms with E-state index in [4.69, 9.17) is 0 Å². The Labute approximate surface area is 164 Å². The standard InChI is InChI=1S/C23H25N3O2/c1-15-7-9-17(10-8-15)22(24-16(2)27)13-23(28)26-12-11-21-19(14-26)18-5-3-4-6-20(18)25-21/h3-10,22,25H,11-14H2,1-2H3,(H,24,27)/t22-/m0/s1. The lowest BCUT2D eigenvalue weighted by atomic mass is 10.00. The van der Waals surface area contributed by atoms with Crippen LogP contribution >= 0.6 is 0 Å². The fourth-order valence-electron chi connectivity index (χ4n) is 3.98. The highest BCUT2D eigenvalue weighted by Crippen LogP contribution is 2.28. The molecule has 1 aliphatic heterocycles. The highest BCUT2D eigenvalue weighted by atomic mass is 16.2. The summed E-state index contributed by atoms with van der Waals surface area (Å²) in [6, 6.07) is 15.9. The van der Waals surface area contributed by atoms with Crippen molar-refractivity contribution in [2.75, 3.05) is 6.54 Å². The maximum atomic E-state index is 13.1. The Balaban J connectivity index is 1.53. The van der Waals surface area contributed by atoms with Crippen molar-refractivity contribution in [2.24, 2.45) is 0 Å². The summed E-state index contributed by atoms with van der Waals surface area (Å²) in [7, 11) is 0. The number of benzene rings is 2. The molecular weight excluding hydrogens is 350 g/mol. The zero-order valence-corrected chi connectivity index (χ0v) is 16.3. The van der Waals surface area contributed by atoms with Gasteiger partial charge in [0, 0.05) is 48.6 Å². The summed E-state index contributed by atoms with van der Waals surface area (Å²) in [4.78, 5) is 30.1. The van der Waals surface area contributed by atoms with Gasteiger partial charge < -0.3 is 15.2 Å². The number of amides is 2. The molecule has 0 spiro atoms. The molecule has 28 heavy (non-hydrogen) atoms. The number of rotatable bonds is 4. The van der Waals surface area contributed by atoms with E-state index in [0.29, 0.717) is 13.1 Å². The van der Waals surface area contributed by atoms with E-state index in [2.05, 4.69) is 22.4 Å². The van der Waals surface area contributed by atoms with Crippen LogP contribution in [0.4, 0.5) is 0 Å². The molecule has 0 radical (unpaired) electrons. The molecular formula is C23H25N3O2. The summed E-state index contributed by atoms with van der Waals surface area (Å²) in [5.41, 5.74) is 5.67. The predicted molar refractivity (Wildman–Crippen MR) is 110 cm³/mol. The first-order chi connectivity index (χ1) is 13.5. The molecule has 2 amide bonds. The third-order valence-corrected chi connectivity index (χ3v) is 5.47. The summed E-state index contributed by atoms with van der Waals surface area (Å²) in [6.45, 7) is 4.82. The van der Waals surface area contributed by atoms with E-state index in [0.717, 1.165) is 23.1 Å². The summed E-state index contributed by atoms with van der Waals surface area (Å²) in [5, 5.41) is 4.12. The number of hydrogen-bond acceptors (Lipinski definition) is 2. The maximum absolute atomic E-state index is 13.1. The van der Waals surface area contributed by atoms with Gasteiger partial charge in [0.2, 0.25) is 11.8 Å². The molecule has 2 aromatic carbocycles. The van der Waals surface area contributed by atoms with Crippen molar-refractivity contribution < 1.29 is 9.59 Å². The fraction of sp³-hybridized carbons (Fsp3) is 0.304. The molecule has 2 N–H and O–H groups in total. The number of fused-ring (bicyclic) bond motifs is 3. The average molecular weight is 375 g/mol. The molecule has 5 nitrogen and oxygen atoms in total. The SMILES string of the molecule is CC(=O)N[C@@H](CC(=O)N1CCc2[nH]c3ccccc3c2C1)c1ccc(C)cc1. The second kappa shape index (κ2) is 7.50. The monoisotopic (exact) mass is 375 g/mol. The summed E-state index contributed by atoms with van der Waals surface area (Å²) < 4.78 is 0. The Hall–Kier alpha value is -3.08. The van der Waals surface area contributed by atoms with Crippen molar-refractivity contribution in [1.29, 1.82) is 0 Å². The van der Waals surface area contributed by atoms with Crippen molar-refractivity contribution in [3.8, 4) is 0 Å². The molecule has 144 valence electrons. The number of carbonyl (C=O) groups is 2. The van der Waals surface area contributed by atoms with E-state index < -0.39 is 0 Å². The van der Waals surface area contributed by atoms with Gasteiger partial charge in [-0.15, -0.1) is 0 Å². The van der Waals surface area contributed by atoms with Crippen molar-refractivity contribution in [3.05, 3.63) is 70.9 Å². The Bertz CT molecular complexity index is 1020. The number of aromatic amines is 1. The van der Waals surface area contributed by atoms with Crippen LogP contribution in [0.15, 0.2) is 48.5 Å². The average Bonchev–Trinajstić information content (AvgIpc) is 3.05. The quantitative estimate of drug-likeness (QED) is 0.731. The second-order valence-electron chi connectivity index (χ2n) is 7.56. The molecule has 0 saturated heterocycles. The molecule has 0 unspecified atom stereocenters. The summed E-state index contributed by atoms with van der Waals surface area (Å²) in [6.07, 6.45) is 1.09. The zero-order valence-electron chi connectivity index (χ0n) is 16.3. The highest BCUT2D eigenvalue weighted by Gasteiger charge is 2.26. The number of nitrogens with zero attached hydrogens (tertiary/aromatic N) is 1. The first-order valence-electron chi connectivity index (χ1n) is 9.71. The first kappa shape index (κ1) is 18.3. The minimum atomic E-state index is -0.310. The molecule has 4 rings (SSSR count).